The van der Waals surface area contributed by atoms with Crippen LogP contribution in [0.5, 0.6) is 11.5 Å². The van der Waals surface area contributed by atoms with Crippen molar-refractivity contribution in [3.8, 4) is 11.5 Å². The molecule has 0 bridgehead atoms. The van der Waals surface area contributed by atoms with Gasteiger partial charge in [0.25, 0.3) is 0 Å². The van der Waals surface area contributed by atoms with Gasteiger partial charge in [0.2, 0.25) is 5.91 Å². The Hall–Kier alpha value is -4.16. The molecule has 4 rings (SSSR count). The zero-order chi connectivity index (χ0) is 24.6. The minimum Gasteiger partial charge on any atom is -0.490 e. The molecular formula is C28H23ClN2O4. The number of hydrazone groups is 1. The predicted octanol–water partition coefficient (Wildman–Crippen LogP) is 5.80. The van der Waals surface area contributed by atoms with E-state index in [1.165, 1.54) is 6.21 Å². The largest absolute Gasteiger partial charge is 0.490 e. The standard InChI is InChI=1S/C28H23ClN2O4/c1-2-34-26-16-19(10-15-25(26)35-28(33)21-11-13-23(29)14-12-21)18-30-31-27(32)17-22-8-5-7-20-6-3-4-9-24(20)22/h3-16,18H,2,17H2,1H3,(H,31,32)/b30-18-. The normalized spacial score (nSPS) is 10.9. The van der Waals surface area contributed by atoms with E-state index < -0.39 is 5.97 Å². The molecule has 35 heavy (non-hydrogen) atoms. The van der Waals surface area contributed by atoms with Crippen molar-refractivity contribution in [2.45, 2.75) is 13.3 Å². The first kappa shape index (κ1) is 24.0. The molecule has 1 amide bonds. The van der Waals surface area contributed by atoms with Gasteiger partial charge in [0.15, 0.2) is 11.5 Å². The Labute approximate surface area is 208 Å². The van der Waals surface area contributed by atoms with Gasteiger partial charge in [0.1, 0.15) is 0 Å². The van der Waals surface area contributed by atoms with E-state index in [1.54, 1.807) is 42.5 Å². The fraction of sp³-hybridized carbons (Fsp3) is 0.107. The second-order valence-electron chi connectivity index (χ2n) is 7.64. The Morgan fingerprint density at radius 1 is 0.943 bits per heavy atom. The highest BCUT2D eigenvalue weighted by Crippen LogP contribution is 2.29. The highest BCUT2D eigenvalue weighted by Gasteiger charge is 2.13. The second-order valence-corrected chi connectivity index (χ2v) is 8.08. The lowest BCUT2D eigenvalue weighted by atomic mass is 10.0. The number of halogens is 1. The number of hydrogen-bond acceptors (Lipinski definition) is 5. The topological polar surface area (TPSA) is 77.0 Å². The first-order valence-electron chi connectivity index (χ1n) is 11.1. The van der Waals surface area contributed by atoms with E-state index in [2.05, 4.69) is 10.5 Å². The Kier molecular flexibility index (Phi) is 7.75. The maximum absolute atomic E-state index is 12.5. The zero-order valence-electron chi connectivity index (χ0n) is 19.0. The van der Waals surface area contributed by atoms with Gasteiger partial charge >= 0.3 is 5.97 Å². The maximum Gasteiger partial charge on any atom is 0.343 e. The quantitative estimate of drug-likeness (QED) is 0.148. The fourth-order valence-electron chi connectivity index (χ4n) is 3.54. The van der Waals surface area contributed by atoms with Crippen LogP contribution in [-0.2, 0) is 11.2 Å². The van der Waals surface area contributed by atoms with Gasteiger partial charge in [-0.1, -0.05) is 54.1 Å². The Balaban J connectivity index is 1.41. The number of rotatable bonds is 8. The molecule has 0 saturated heterocycles. The Morgan fingerprint density at radius 3 is 2.51 bits per heavy atom. The third-order valence-corrected chi connectivity index (χ3v) is 5.44. The first-order chi connectivity index (χ1) is 17.0. The predicted molar refractivity (Wildman–Crippen MR) is 137 cm³/mol. The van der Waals surface area contributed by atoms with Crippen molar-refractivity contribution in [2.24, 2.45) is 5.10 Å². The van der Waals surface area contributed by atoms with Crippen LogP contribution in [0.2, 0.25) is 5.02 Å². The van der Waals surface area contributed by atoms with E-state index in [0.717, 1.165) is 16.3 Å². The minimum atomic E-state index is -0.523. The molecule has 4 aromatic rings. The molecule has 0 radical (unpaired) electrons. The van der Waals surface area contributed by atoms with Crippen molar-refractivity contribution >= 4 is 40.5 Å². The minimum absolute atomic E-state index is 0.211. The third kappa shape index (κ3) is 6.25. The molecule has 0 aliphatic heterocycles. The van der Waals surface area contributed by atoms with Crippen LogP contribution >= 0.6 is 11.6 Å². The summed E-state index contributed by atoms with van der Waals surface area (Å²) in [5.74, 6) is -0.0781. The summed E-state index contributed by atoms with van der Waals surface area (Å²) in [7, 11) is 0. The van der Waals surface area contributed by atoms with Gasteiger partial charge < -0.3 is 9.47 Å². The molecule has 1 N–H and O–H groups in total. The molecule has 0 atom stereocenters. The lowest BCUT2D eigenvalue weighted by Gasteiger charge is -2.11. The van der Waals surface area contributed by atoms with Gasteiger partial charge in [0.05, 0.1) is 24.8 Å². The first-order valence-corrected chi connectivity index (χ1v) is 11.4. The average Bonchev–Trinajstić information content (AvgIpc) is 2.86. The number of hydrogen-bond donors (Lipinski definition) is 1. The van der Waals surface area contributed by atoms with Gasteiger partial charge in [-0.3, -0.25) is 4.79 Å². The van der Waals surface area contributed by atoms with Gasteiger partial charge in [-0.15, -0.1) is 0 Å². The zero-order valence-corrected chi connectivity index (χ0v) is 19.8. The smallest absolute Gasteiger partial charge is 0.343 e. The molecule has 0 saturated carbocycles. The number of fused-ring (bicyclic) bond motifs is 1. The van der Waals surface area contributed by atoms with Crippen molar-refractivity contribution in [1.82, 2.24) is 5.43 Å². The number of benzene rings is 4. The van der Waals surface area contributed by atoms with Crippen molar-refractivity contribution in [2.75, 3.05) is 6.61 Å². The molecule has 176 valence electrons. The van der Waals surface area contributed by atoms with Crippen molar-refractivity contribution < 1.29 is 19.1 Å². The van der Waals surface area contributed by atoms with Gasteiger partial charge in [-0.25, -0.2) is 10.2 Å². The number of nitrogens with zero attached hydrogens (tertiary/aromatic N) is 1. The van der Waals surface area contributed by atoms with Crippen molar-refractivity contribution in [1.29, 1.82) is 0 Å². The number of nitrogens with one attached hydrogen (secondary N) is 1. The fourth-order valence-corrected chi connectivity index (χ4v) is 3.67. The number of amides is 1. The van der Waals surface area contributed by atoms with Crippen molar-refractivity contribution in [3.63, 3.8) is 0 Å². The molecule has 4 aromatic carbocycles. The monoisotopic (exact) mass is 486 g/mol. The van der Waals surface area contributed by atoms with Crippen LogP contribution in [0.25, 0.3) is 10.8 Å². The lowest BCUT2D eigenvalue weighted by molar-refractivity contribution is -0.120. The summed E-state index contributed by atoms with van der Waals surface area (Å²) >= 11 is 5.87. The molecule has 0 fully saturated rings. The Bertz CT molecular complexity index is 1380. The summed E-state index contributed by atoms with van der Waals surface area (Å²) in [5.41, 5.74) is 4.54. The molecule has 0 aromatic heterocycles. The maximum atomic E-state index is 12.5. The Morgan fingerprint density at radius 2 is 1.71 bits per heavy atom. The van der Waals surface area contributed by atoms with Crippen LogP contribution in [0.4, 0.5) is 0 Å². The molecule has 7 heteroatoms. The molecule has 0 aliphatic rings. The molecule has 0 unspecified atom stereocenters. The number of carbonyl (C=O) groups excluding carboxylic acids is 2. The van der Waals surface area contributed by atoms with E-state index in [0.29, 0.717) is 28.5 Å². The number of esters is 1. The summed E-state index contributed by atoms with van der Waals surface area (Å²) in [6.45, 7) is 2.22. The summed E-state index contributed by atoms with van der Waals surface area (Å²) in [5, 5.41) is 6.72. The van der Waals surface area contributed by atoms with Gasteiger partial charge in [0, 0.05) is 5.02 Å². The third-order valence-electron chi connectivity index (χ3n) is 5.18. The average molecular weight is 487 g/mol. The van der Waals surface area contributed by atoms with Crippen LogP contribution in [-0.4, -0.2) is 24.7 Å². The summed E-state index contributed by atoms with van der Waals surface area (Å²) in [6, 6.07) is 25.3. The molecular weight excluding hydrogens is 464 g/mol. The highest BCUT2D eigenvalue weighted by atomic mass is 35.5. The van der Waals surface area contributed by atoms with E-state index in [1.807, 2.05) is 49.4 Å². The van der Waals surface area contributed by atoms with Gasteiger partial charge in [-0.05, 0) is 71.3 Å². The highest BCUT2D eigenvalue weighted by molar-refractivity contribution is 6.30. The number of carbonyl (C=O) groups is 2. The number of ether oxygens (including phenoxy) is 2. The van der Waals surface area contributed by atoms with E-state index in [9.17, 15) is 9.59 Å². The van der Waals surface area contributed by atoms with Crippen LogP contribution in [0, 0.1) is 0 Å². The summed E-state index contributed by atoms with van der Waals surface area (Å²) in [6.07, 6.45) is 1.72. The van der Waals surface area contributed by atoms with Gasteiger partial charge in [-0.2, -0.15) is 5.10 Å². The van der Waals surface area contributed by atoms with E-state index >= 15 is 0 Å². The summed E-state index contributed by atoms with van der Waals surface area (Å²) in [4.78, 5) is 24.9. The second kappa shape index (κ2) is 11.3. The molecule has 0 aliphatic carbocycles. The van der Waals surface area contributed by atoms with E-state index in [-0.39, 0.29) is 18.1 Å². The van der Waals surface area contributed by atoms with Crippen molar-refractivity contribution in [3.05, 3.63) is 107 Å². The summed E-state index contributed by atoms with van der Waals surface area (Å²) < 4.78 is 11.1. The van der Waals surface area contributed by atoms with Crippen LogP contribution in [0.1, 0.15) is 28.4 Å². The lowest BCUT2D eigenvalue weighted by Crippen LogP contribution is -2.19. The molecule has 0 heterocycles. The molecule has 6 nitrogen and oxygen atoms in total. The van der Waals surface area contributed by atoms with Crippen LogP contribution < -0.4 is 14.9 Å². The van der Waals surface area contributed by atoms with Crippen LogP contribution in [0.3, 0.4) is 0 Å². The van der Waals surface area contributed by atoms with Crippen LogP contribution in [0.15, 0.2) is 90.0 Å². The SMILES string of the molecule is CCOc1cc(/C=N\NC(=O)Cc2cccc3ccccc23)ccc1OC(=O)c1ccc(Cl)cc1. The molecule has 0 spiro atoms. The van der Waals surface area contributed by atoms with E-state index in [4.69, 9.17) is 21.1 Å².